The molecule has 0 spiro atoms. The molecular weight excluding hydrogens is 200 g/mol. The first-order valence-corrected chi connectivity index (χ1v) is 6.74. The van der Waals surface area contributed by atoms with Gasteiger partial charge in [-0.2, -0.15) is 0 Å². The molecule has 0 radical (unpaired) electrons. The van der Waals surface area contributed by atoms with Gasteiger partial charge >= 0.3 is 0 Å². The Morgan fingerprint density at radius 3 is 1.94 bits per heavy atom. The summed E-state index contributed by atoms with van der Waals surface area (Å²) in [5.74, 6) is 0. The summed E-state index contributed by atoms with van der Waals surface area (Å²) in [6.07, 6.45) is 11.5. The van der Waals surface area contributed by atoms with Crippen molar-refractivity contribution >= 4 is 6.47 Å². The summed E-state index contributed by atoms with van der Waals surface area (Å²) in [5, 5.41) is 0. The molecule has 0 aromatic rings. The number of ether oxygens (including phenoxy) is 1. The first kappa shape index (κ1) is 15.5. The minimum absolute atomic E-state index is 0.274. The minimum Gasteiger partial charge on any atom is -0.462 e. The van der Waals surface area contributed by atoms with E-state index in [0.717, 1.165) is 12.8 Å². The molecule has 0 aliphatic rings. The van der Waals surface area contributed by atoms with Gasteiger partial charge in [-0.3, -0.25) is 4.79 Å². The highest BCUT2D eigenvalue weighted by molar-refractivity contribution is 5.38. The van der Waals surface area contributed by atoms with E-state index in [2.05, 4.69) is 6.92 Å². The highest BCUT2D eigenvalue weighted by Crippen LogP contribution is 2.18. The van der Waals surface area contributed by atoms with Crippen LogP contribution in [0.3, 0.4) is 0 Å². The molecule has 0 aliphatic carbocycles. The molecule has 16 heavy (non-hydrogen) atoms. The molecule has 0 amide bonds. The topological polar surface area (TPSA) is 26.3 Å². The van der Waals surface area contributed by atoms with Crippen LogP contribution in [0.5, 0.6) is 0 Å². The third-order valence-corrected chi connectivity index (χ3v) is 3.00. The molecule has 0 heterocycles. The van der Waals surface area contributed by atoms with Crippen LogP contribution in [-0.4, -0.2) is 12.1 Å². The zero-order valence-electron chi connectivity index (χ0n) is 11.3. The zero-order chi connectivity index (χ0) is 12.3. The van der Waals surface area contributed by atoms with Crippen molar-refractivity contribution in [2.45, 2.75) is 84.2 Å². The van der Waals surface area contributed by atoms with E-state index in [1.807, 2.05) is 13.8 Å². The smallest absolute Gasteiger partial charge is 0.293 e. The fraction of sp³-hybridized carbons (Fsp3) is 0.929. The fourth-order valence-corrected chi connectivity index (χ4v) is 1.87. The van der Waals surface area contributed by atoms with Crippen molar-refractivity contribution in [2.24, 2.45) is 0 Å². The lowest BCUT2D eigenvalue weighted by molar-refractivity contribution is -0.140. The Bertz CT molecular complexity index is 164. The lowest BCUT2D eigenvalue weighted by Gasteiger charge is -2.22. The Morgan fingerprint density at radius 1 is 0.938 bits per heavy atom. The van der Waals surface area contributed by atoms with Crippen molar-refractivity contribution in [2.75, 3.05) is 0 Å². The van der Waals surface area contributed by atoms with E-state index in [0.29, 0.717) is 6.47 Å². The normalized spacial score (nSPS) is 11.4. The second-order valence-corrected chi connectivity index (χ2v) is 5.20. The number of hydrogen-bond acceptors (Lipinski definition) is 2. The van der Waals surface area contributed by atoms with Gasteiger partial charge in [-0.15, -0.1) is 0 Å². The van der Waals surface area contributed by atoms with E-state index >= 15 is 0 Å². The Morgan fingerprint density at radius 2 is 1.44 bits per heavy atom. The molecule has 0 saturated carbocycles. The average molecular weight is 228 g/mol. The molecule has 2 heteroatoms. The van der Waals surface area contributed by atoms with E-state index in [1.54, 1.807) is 0 Å². The van der Waals surface area contributed by atoms with Crippen LogP contribution in [0.25, 0.3) is 0 Å². The lowest BCUT2D eigenvalue weighted by Crippen LogP contribution is -2.23. The van der Waals surface area contributed by atoms with Crippen LogP contribution < -0.4 is 0 Å². The molecule has 0 aromatic carbocycles. The molecule has 0 unspecified atom stereocenters. The summed E-state index contributed by atoms with van der Waals surface area (Å²) in [5.41, 5.74) is -0.274. The van der Waals surface area contributed by atoms with Gasteiger partial charge in [-0.05, 0) is 26.7 Å². The third-order valence-electron chi connectivity index (χ3n) is 3.00. The molecular formula is C14H28O2. The van der Waals surface area contributed by atoms with Crippen molar-refractivity contribution in [1.29, 1.82) is 0 Å². The SMILES string of the molecule is CCCCCCCCCCC(C)(C)OC=O. The maximum absolute atomic E-state index is 10.2. The van der Waals surface area contributed by atoms with Crippen LogP contribution >= 0.6 is 0 Å². The van der Waals surface area contributed by atoms with Gasteiger partial charge in [0.2, 0.25) is 0 Å². The average Bonchev–Trinajstić information content (AvgIpc) is 2.22. The summed E-state index contributed by atoms with van der Waals surface area (Å²) < 4.78 is 5.01. The van der Waals surface area contributed by atoms with Gasteiger partial charge in [-0.25, -0.2) is 0 Å². The van der Waals surface area contributed by atoms with Gasteiger partial charge in [-0.1, -0.05) is 51.9 Å². The van der Waals surface area contributed by atoms with E-state index in [4.69, 9.17) is 4.74 Å². The molecule has 0 saturated heterocycles. The standard InChI is InChI=1S/C14H28O2/c1-4-5-6-7-8-9-10-11-12-14(2,3)16-13-15/h13H,4-12H2,1-3H3. The van der Waals surface area contributed by atoms with Crippen LogP contribution in [0, 0.1) is 0 Å². The largest absolute Gasteiger partial charge is 0.462 e. The van der Waals surface area contributed by atoms with Crippen molar-refractivity contribution < 1.29 is 9.53 Å². The summed E-state index contributed by atoms with van der Waals surface area (Å²) in [4.78, 5) is 10.2. The number of unbranched alkanes of at least 4 members (excludes halogenated alkanes) is 7. The van der Waals surface area contributed by atoms with Crippen LogP contribution in [0.15, 0.2) is 0 Å². The molecule has 96 valence electrons. The predicted octanol–water partition coefficient (Wildman–Crippen LogP) is 4.47. The third kappa shape index (κ3) is 10.0. The van der Waals surface area contributed by atoms with Gasteiger partial charge in [0.1, 0.15) is 5.60 Å². The van der Waals surface area contributed by atoms with Crippen LogP contribution in [0.4, 0.5) is 0 Å². The van der Waals surface area contributed by atoms with E-state index < -0.39 is 0 Å². The Kier molecular flexibility index (Phi) is 9.36. The monoisotopic (exact) mass is 228 g/mol. The molecule has 0 N–H and O–H groups in total. The van der Waals surface area contributed by atoms with Crippen molar-refractivity contribution in [1.82, 2.24) is 0 Å². The molecule has 0 atom stereocenters. The number of rotatable bonds is 11. The Balaban J connectivity index is 3.23. The number of hydrogen-bond donors (Lipinski definition) is 0. The number of carbonyl (C=O) groups excluding carboxylic acids is 1. The van der Waals surface area contributed by atoms with Crippen molar-refractivity contribution in [3.63, 3.8) is 0 Å². The summed E-state index contributed by atoms with van der Waals surface area (Å²) in [7, 11) is 0. The first-order chi connectivity index (χ1) is 7.62. The molecule has 2 nitrogen and oxygen atoms in total. The predicted molar refractivity (Wildman–Crippen MR) is 68.5 cm³/mol. The van der Waals surface area contributed by atoms with Crippen LogP contribution in [0.2, 0.25) is 0 Å². The van der Waals surface area contributed by atoms with E-state index in [1.165, 1.54) is 44.9 Å². The van der Waals surface area contributed by atoms with Crippen LogP contribution in [-0.2, 0) is 9.53 Å². The highest BCUT2D eigenvalue weighted by Gasteiger charge is 2.17. The van der Waals surface area contributed by atoms with Gasteiger partial charge in [0.15, 0.2) is 0 Å². The van der Waals surface area contributed by atoms with Gasteiger partial charge in [0.25, 0.3) is 6.47 Å². The Hall–Kier alpha value is -0.530. The second-order valence-electron chi connectivity index (χ2n) is 5.20. The van der Waals surface area contributed by atoms with Gasteiger partial charge in [0.05, 0.1) is 0 Å². The van der Waals surface area contributed by atoms with Crippen molar-refractivity contribution in [3.8, 4) is 0 Å². The van der Waals surface area contributed by atoms with Gasteiger partial charge in [0, 0.05) is 0 Å². The Labute approximate surface area is 101 Å². The summed E-state index contributed by atoms with van der Waals surface area (Å²) >= 11 is 0. The van der Waals surface area contributed by atoms with E-state index in [9.17, 15) is 4.79 Å². The molecule has 0 rings (SSSR count). The fourth-order valence-electron chi connectivity index (χ4n) is 1.87. The maximum Gasteiger partial charge on any atom is 0.293 e. The van der Waals surface area contributed by atoms with Gasteiger partial charge < -0.3 is 4.74 Å². The van der Waals surface area contributed by atoms with E-state index in [-0.39, 0.29) is 5.60 Å². The highest BCUT2D eigenvalue weighted by atomic mass is 16.5. The number of carbonyl (C=O) groups is 1. The minimum atomic E-state index is -0.274. The molecule has 0 aromatic heterocycles. The van der Waals surface area contributed by atoms with Crippen molar-refractivity contribution in [3.05, 3.63) is 0 Å². The zero-order valence-corrected chi connectivity index (χ0v) is 11.3. The van der Waals surface area contributed by atoms with Crippen LogP contribution in [0.1, 0.15) is 78.6 Å². The quantitative estimate of drug-likeness (QED) is 0.385. The summed E-state index contributed by atoms with van der Waals surface area (Å²) in [6.45, 7) is 6.76. The summed E-state index contributed by atoms with van der Waals surface area (Å²) in [6, 6.07) is 0. The molecule has 0 aliphatic heterocycles. The lowest BCUT2D eigenvalue weighted by atomic mass is 9.99. The first-order valence-electron chi connectivity index (χ1n) is 6.74. The second kappa shape index (κ2) is 9.68. The maximum atomic E-state index is 10.2. The molecule has 0 bridgehead atoms. The molecule has 0 fully saturated rings.